The summed E-state index contributed by atoms with van der Waals surface area (Å²) in [4.78, 5) is 4.60. The fourth-order valence-corrected chi connectivity index (χ4v) is 9.14. The number of aromatic nitrogens is 1. The van der Waals surface area contributed by atoms with E-state index in [0.717, 1.165) is 28.1 Å². The quantitative estimate of drug-likeness (QED) is 0.321. The molecular formula is C13H19NO3S4Si. The van der Waals surface area contributed by atoms with Gasteiger partial charge in [-0.15, -0.1) is 11.3 Å². The number of rotatable bonds is 10. The highest BCUT2D eigenvalue weighted by atomic mass is 33.5. The average Bonchev–Trinajstić information content (AvgIpc) is 2.98. The molecule has 0 atom stereocenters. The van der Waals surface area contributed by atoms with Crippen LogP contribution < -0.4 is 0 Å². The van der Waals surface area contributed by atoms with Crippen molar-refractivity contribution in [1.82, 2.24) is 4.98 Å². The molecule has 0 fully saturated rings. The third-order valence-corrected chi connectivity index (χ3v) is 11.3. The molecule has 4 nitrogen and oxygen atoms in total. The predicted molar refractivity (Wildman–Crippen MR) is 102 cm³/mol. The second kappa shape index (κ2) is 9.53. The second-order valence-corrected chi connectivity index (χ2v) is 12.9. The third-order valence-electron chi connectivity index (χ3n) is 3.07. The second-order valence-electron chi connectivity index (χ2n) is 4.32. The summed E-state index contributed by atoms with van der Waals surface area (Å²) < 4.78 is 18.6. The minimum atomic E-state index is -2.40. The molecule has 0 amide bonds. The van der Waals surface area contributed by atoms with E-state index in [1.54, 1.807) is 53.3 Å². The minimum absolute atomic E-state index is 0.843. The van der Waals surface area contributed by atoms with Crippen LogP contribution in [-0.2, 0) is 13.3 Å². The molecule has 0 aliphatic heterocycles. The molecule has 1 aromatic carbocycles. The normalized spacial score (nSPS) is 12.1. The molecule has 0 aliphatic rings. The fourth-order valence-electron chi connectivity index (χ4n) is 1.88. The van der Waals surface area contributed by atoms with Gasteiger partial charge in [-0.2, -0.15) is 0 Å². The van der Waals surface area contributed by atoms with Crippen molar-refractivity contribution in [3.63, 3.8) is 0 Å². The summed E-state index contributed by atoms with van der Waals surface area (Å²) >= 11 is 1.74. The lowest BCUT2D eigenvalue weighted by Crippen LogP contribution is -2.42. The van der Waals surface area contributed by atoms with Crippen LogP contribution in [0.1, 0.15) is 6.42 Å². The highest BCUT2D eigenvalue weighted by molar-refractivity contribution is 9.09. The largest absolute Gasteiger partial charge is 0.500 e. The van der Waals surface area contributed by atoms with E-state index >= 15 is 0 Å². The molecule has 0 aliphatic carbocycles. The Kier molecular flexibility index (Phi) is 8.05. The zero-order chi connectivity index (χ0) is 15.8. The zero-order valence-electron chi connectivity index (χ0n) is 12.7. The maximum Gasteiger partial charge on any atom is 0.500 e. The Bertz CT molecular complexity index is 538. The summed E-state index contributed by atoms with van der Waals surface area (Å²) in [5.74, 6) is 1.04. The van der Waals surface area contributed by atoms with Crippen molar-refractivity contribution in [2.75, 3.05) is 27.1 Å². The summed E-state index contributed by atoms with van der Waals surface area (Å²) in [6.45, 7) is 0. The molecule has 0 spiro atoms. The zero-order valence-corrected chi connectivity index (χ0v) is 17.0. The predicted octanol–water partition coefficient (Wildman–Crippen LogP) is 4.95. The van der Waals surface area contributed by atoms with Gasteiger partial charge in [-0.05, 0) is 39.2 Å². The molecule has 122 valence electrons. The minimum Gasteiger partial charge on any atom is -0.377 e. The van der Waals surface area contributed by atoms with Gasteiger partial charge in [0, 0.05) is 33.1 Å². The van der Waals surface area contributed by atoms with Crippen molar-refractivity contribution in [1.29, 1.82) is 0 Å². The molecule has 1 heterocycles. The molecular weight excluding hydrogens is 375 g/mol. The lowest BCUT2D eigenvalue weighted by atomic mass is 10.3. The van der Waals surface area contributed by atoms with E-state index in [9.17, 15) is 0 Å². The number of hydrogen-bond acceptors (Lipinski definition) is 8. The van der Waals surface area contributed by atoms with E-state index in [1.165, 1.54) is 4.70 Å². The van der Waals surface area contributed by atoms with E-state index in [0.29, 0.717) is 0 Å². The number of para-hydroxylation sites is 1. The van der Waals surface area contributed by atoms with E-state index < -0.39 is 8.80 Å². The van der Waals surface area contributed by atoms with E-state index in [4.69, 9.17) is 13.3 Å². The summed E-state index contributed by atoms with van der Waals surface area (Å²) in [5.41, 5.74) is 1.08. The molecule has 0 bridgehead atoms. The molecule has 1 aromatic heterocycles. The molecule has 0 saturated carbocycles. The number of thiazole rings is 1. The Balaban J connectivity index is 1.67. The fraction of sp³-hybridized carbons (Fsp3) is 0.462. The standard InChI is InChI=1S/C13H19NO3S4Si/c1-15-22(16-2,17-3)10-6-9-18-21-20-13-14-11-7-4-5-8-12(11)19-13/h4-5,7-8H,6,9-10H2,1-3H3. The SMILES string of the molecule is CO[Si](CCCSSSc1nc2ccccc2s1)(OC)OC. The lowest BCUT2D eigenvalue weighted by Gasteiger charge is -2.23. The smallest absolute Gasteiger partial charge is 0.377 e. The van der Waals surface area contributed by atoms with E-state index in [1.807, 2.05) is 22.9 Å². The summed E-state index contributed by atoms with van der Waals surface area (Å²) in [5, 5.41) is 0. The highest BCUT2D eigenvalue weighted by Gasteiger charge is 2.36. The number of fused-ring (bicyclic) bond motifs is 1. The maximum atomic E-state index is 5.41. The van der Waals surface area contributed by atoms with Crippen LogP contribution in [0.3, 0.4) is 0 Å². The number of hydrogen-bond donors (Lipinski definition) is 0. The van der Waals surface area contributed by atoms with Crippen LogP contribution in [0.15, 0.2) is 28.6 Å². The third kappa shape index (κ3) is 5.13. The molecule has 0 unspecified atom stereocenters. The van der Waals surface area contributed by atoms with Crippen molar-refractivity contribution in [3.05, 3.63) is 24.3 Å². The first-order valence-corrected chi connectivity index (χ1v) is 13.1. The Morgan fingerprint density at radius 3 is 2.55 bits per heavy atom. The van der Waals surface area contributed by atoms with Crippen LogP contribution >= 0.6 is 42.8 Å². The van der Waals surface area contributed by atoms with Crippen LogP contribution in [0, 0.1) is 0 Å². The Morgan fingerprint density at radius 2 is 1.86 bits per heavy atom. The van der Waals surface area contributed by atoms with E-state index in [-0.39, 0.29) is 0 Å². The van der Waals surface area contributed by atoms with Gasteiger partial charge < -0.3 is 13.3 Å². The van der Waals surface area contributed by atoms with Crippen LogP contribution in [0.25, 0.3) is 10.2 Å². The summed E-state index contributed by atoms with van der Waals surface area (Å²) in [6.07, 6.45) is 1.01. The average molecular weight is 394 g/mol. The Morgan fingerprint density at radius 1 is 1.14 bits per heavy atom. The molecule has 9 heteroatoms. The topological polar surface area (TPSA) is 40.6 Å². The molecule has 2 aromatic rings. The summed E-state index contributed by atoms with van der Waals surface area (Å²) in [6, 6.07) is 9.08. The van der Waals surface area contributed by atoms with Crippen LogP contribution in [0.2, 0.25) is 6.04 Å². The van der Waals surface area contributed by atoms with Gasteiger partial charge in [0.1, 0.15) is 0 Å². The van der Waals surface area contributed by atoms with Gasteiger partial charge in [-0.25, -0.2) is 4.98 Å². The number of nitrogens with zero attached hydrogens (tertiary/aromatic N) is 1. The van der Waals surface area contributed by atoms with Crippen LogP contribution in [0.4, 0.5) is 0 Å². The lowest BCUT2D eigenvalue weighted by molar-refractivity contribution is 0.123. The van der Waals surface area contributed by atoms with Gasteiger partial charge >= 0.3 is 8.80 Å². The molecule has 22 heavy (non-hydrogen) atoms. The van der Waals surface area contributed by atoms with Gasteiger partial charge in [-0.1, -0.05) is 22.9 Å². The Labute approximate surface area is 147 Å². The van der Waals surface area contributed by atoms with Crippen LogP contribution in [0.5, 0.6) is 0 Å². The van der Waals surface area contributed by atoms with Crippen molar-refractivity contribution >= 4 is 61.8 Å². The number of benzene rings is 1. The van der Waals surface area contributed by atoms with Gasteiger partial charge in [-0.3, -0.25) is 0 Å². The van der Waals surface area contributed by atoms with Gasteiger partial charge in [0.25, 0.3) is 0 Å². The van der Waals surface area contributed by atoms with Gasteiger partial charge in [0.2, 0.25) is 0 Å². The maximum absolute atomic E-state index is 5.41. The highest BCUT2D eigenvalue weighted by Crippen LogP contribution is 2.43. The monoisotopic (exact) mass is 393 g/mol. The van der Waals surface area contributed by atoms with Gasteiger partial charge in [0.15, 0.2) is 4.34 Å². The molecule has 2 rings (SSSR count). The summed E-state index contributed by atoms with van der Waals surface area (Å²) in [7, 11) is 7.89. The first-order chi connectivity index (χ1) is 10.7. The van der Waals surface area contributed by atoms with Crippen LogP contribution in [-0.4, -0.2) is 40.9 Å². The van der Waals surface area contributed by atoms with E-state index in [2.05, 4.69) is 17.1 Å². The Hall–Kier alpha value is 0.257. The van der Waals surface area contributed by atoms with Crippen molar-refractivity contribution in [3.8, 4) is 0 Å². The molecule has 0 N–H and O–H groups in total. The molecule has 0 saturated heterocycles. The van der Waals surface area contributed by atoms with Gasteiger partial charge in [0.05, 0.1) is 10.2 Å². The van der Waals surface area contributed by atoms with Crippen molar-refractivity contribution < 1.29 is 13.3 Å². The first-order valence-electron chi connectivity index (χ1n) is 6.70. The van der Waals surface area contributed by atoms with Crippen molar-refractivity contribution in [2.24, 2.45) is 0 Å². The first kappa shape index (κ1) is 18.6. The molecule has 0 radical (unpaired) electrons. The van der Waals surface area contributed by atoms with Crippen molar-refractivity contribution in [2.45, 2.75) is 16.8 Å².